The molecular formula is C10H12FNO4. The predicted octanol–water partition coefficient (Wildman–Crippen LogP) is 1.10. The molecule has 0 spiro atoms. The van der Waals surface area contributed by atoms with Gasteiger partial charge in [-0.15, -0.1) is 0 Å². The van der Waals surface area contributed by atoms with E-state index in [9.17, 15) is 14.3 Å². The van der Waals surface area contributed by atoms with Gasteiger partial charge in [0.1, 0.15) is 0 Å². The van der Waals surface area contributed by atoms with Crippen LogP contribution >= 0.6 is 0 Å². The first-order chi connectivity index (χ1) is 7.43. The molecular weight excluding hydrogens is 217 g/mol. The van der Waals surface area contributed by atoms with Crippen LogP contribution in [-0.4, -0.2) is 21.3 Å². The molecule has 5 nitrogen and oxygen atoms in total. The van der Waals surface area contributed by atoms with Crippen LogP contribution in [0, 0.1) is 5.82 Å². The second-order valence-corrected chi connectivity index (χ2v) is 3.38. The van der Waals surface area contributed by atoms with Crippen molar-refractivity contribution in [1.29, 1.82) is 0 Å². The molecule has 1 unspecified atom stereocenters. The van der Waals surface area contributed by atoms with Crippen molar-refractivity contribution < 1.29 is 24.5 Å². The van der Waals surface area contributed by atoms with E-state index in [1.807, 2.05) is 0 Å². The molecule has 1 aromatic carbocycles. The van der Waals surface area contributed by atoms with E-state index >= 15 is 0 Å². The Bertz CT molecular complexity index is 408. The number of phenols is 2. The molecule has 88 valence electrons. The van der Waals surface area contributed by atoms with Crippen molar-refractivity contribution in [2.45, 2.75) is 18.9 Å². The third kappa shape index (κ3) is 2.60. The Hall–Kier alpha value is -1.82. The fourth-order valence-electron chi connectivity index (χ4n) is 1.30. The Morgan fingerprint density at radius 3 is 2.62 bits per heavy atom. The minimum Gasteiger partial charge on any atom is -0.505 e. The highest BCUT2D eigenvalue weighted by Crippen LogP contribution is 2.32. The zero-order chi connectivity index (χ0) is 12.3. The maximum absolute atomic E-state index is 13.1. The monoisotopic (exact) mass is 229 g/mol. The average molecular weight is 229 g/mol. The molecule has 5 N–H and O–H groups in total. The van der Waals surface area contributed by atoms with E-state index in [-0.39, 0.29) is 18.4 Å². The number of aromatic hydroxyl groups is 2. The number of carboxylic acids is 1. The third-order valence-corrected chi connectivity index (χ3v) is 2.20. The minimum atomic E-state index is -1.15. The van der Waals surface area contributed by atoms with E-state index in [4.69, 9.17) is 15.9 Å². The van der Waals surface area contributed by atoms with Crippen LogP contribution in [0.4, 0.5) is 4.39 Å². The lowest BCUT2D eigenvalue weighted by Crippen LogP contribution is -2.12. The van der Waals surface area contributed by atoms with E-state index in [2.05, 4.69) is 0 Å². The summed E-state index contributed by atoms with van der Waals surface area (Å²) in [6, 6.07) is 1.54. The zero-order valence-corrected chi connectivity index (χ0v) is 8.35. The van der Waals surface area contributed by atoms with Gasteiger partial charge in [-0.25, -0.2) is 0 Å². The number of carbonyl (C=O) groups is 1. The van der Waals surface area contributed by atoms with Crippen molar-refractivity contribution in [2.24, 2.45) is 5.73 Å². The molecule has 0 saturated carbocycles. The highest BCUT2D eigenvalue weighted by molar-refractivity contribution is 5.66. The second-order valence-electron chi connectivity index (χ2n) is 3.38. The topological polar surface area (TPSA) is 104 Å². The van der Waals surface area contributed by atoms with Gasteiger partial charge in [-0.1, -0.05) is 0 Å². The first-order valence-corrected chi connectivity index (χ1v) is 4.61. The quantitative estimate of drug-likeness (QED) is 0.619. The number of aliphatic carboxylic acids is 1. The number of hydrogen-bond acceptors (Lipinski definition) is 4. The maximum atomic E-state index is 13.1. The van der Waals surface area contributed by atoms with Crippen molar-refractivity contribution in [3.05, 3.63) is 23.5 Å². The molecule has 1 rings (SSSR count). The van der Waals surface area contributed by atoms with Crippen LogP contribution in [-0.2, 0) is 4.79 Å². The van der Waals surface area contributed by atoms with Crippen LogP contribution < -0.4 is 5.73 Å². The van der Waals surface area contributed by atoms with Gasteiger partial charge in [0.15, 0.2) is 11.5 Å². The normalized spacial score (nSPS) is 12.4. The van der Waals surface area contributed by atoms with Gasteiger partial charge in [-0.05, 0) is 18.6 Å². The van der Waals surface area contributed by atoms with Crippen LogP contribution in [0.15, 0.2) is 12.1 Å². The molecule has 0 aliphatic rings. The minimum absolute atomic E-state index is 0.0765. The van der Waals surface area contributed by atoms with Crippen LogP contribution in [0.5, 0.6) is 11.5 Å². The van der Waals surface area contributed by atoms with E-state index in [1.165, 1.54) is 6.07 Å². The van der Waals surface area contributed by atoms with Gasteiger partial charge < -0.3 is 21.1 Å². The first-order valence-electron chi connectivity index (χ1n) is 4.61. The van der Waals surface area contributed by atoms with Crippen molar-refractivity contribution >= 4 is 5.97 Å². The lowest BCUT2D eigenvalue weighted by Gasteiger charge is -2.13. The Labute approximate surface area is 90.9 Å². The second kappa shape index (κ2) is 4.80. The van der Waals surface area contributed by atoms with Gasteiger partial charge in [-0.3, -0.25) is 4.79 Å². The van der Waals surface area contributed by atoms with Gasteiger partial charge in [0.05, 0.1) is 0 Å². The molecule has 1 atom stereocenters. The van der Waals surface area contributed by atoms with Gasteiger partial charge >= 0.3 is 5.97 Å². The Morgan fingerprint density at radius 2 is 2.06 bits per heavy atom. The van der Waals surface area contributed by atoms with Gasteiger partial charge in [0.25, 0.3) is 0 Å². The molecule has 0 aromatic heterocycles. The van der Waals surface area contributed by atoms with Crippen molar-refractivity contribution in [2.75, 3.05) is 0 Å². The van der Waals surface area contributed by atoms with Crippen LogP contribution in [0.1, 0.15) is 24.4 Å². The number of hydrogen-bond donors (Lipinski definition) is 4. The largest absolute Gasteiger partial charge is 0.505 e. The van der Waals surface area contributed by atoms with E-state index in [0.717, 1.165) is 6.07 Å². The van der Waals surface area contributed by atoms with E-state index in [0.29, 0.717) is 0 Å². The number of halogens is 1. The number of carboxylic acid groups (broad SMARTS) is 1. The third-order valence-electron chi connectivity index (χ3n) is 2.20. The number of benzene rings is 1. The highest BCUT2D eigenvalue weighted by Gasteiger charge is 2.17. The molecule has 0 fully saturated rings. The van der Waals surface area contributed by atoms with Crippen LogP contribution in [0.25, 0.3) is 0 Å². The van der Waals surface area contributed by atoms with Crippen molar-refractivity contribution in [3.63, 3.8) is 0 Å². The molecule has 0 bridgehead atoms. The zero-order valence-electron chi connectivity index (χ0n) is 8.35. The summed E-state index contributed by atoms with van der Waals surface area (Å²) < 4.78 is 13.1. The average Bonchev–Trinajstić information content (AvgIpc) is 2.23. The standard InChI is InChI=1S/C10H12FNO4/c11-9-7(13)3-1-5(10(9)16)6(12)2-4-8(14)15/h1,3,6,13,16H,2,4,12H2,(H,14,15). The van der Waals surface area contributed by atoms with E-state index in [1.54, 1.807) is 0 Å². The summed E-state index contributed by atoms with van der Waals surface area (Å²) in [5.41, 5.74) is 5.67. The summed E-state index contributed by atoms with van der Waals surface area (Å²) in [6.45, 7) is 0. The Morgan fingerprint density at radius 1 is 1.44 bits per heavy atom. The molecule has 0 radical (unpaired) electrons. The van der Waals surface area contributed by atoms with Crippen molar-refractivity contribution in [3.8, 4) is 11.5 Å². The van der Waals surface area contributed by atoms with Gasteiger partial charge in [0, 0.05) is 18.0 Å². The predicted molar refractivity (Wildman–Crippen MR) is 53.5 cm³/mol. The van der Waals surface area contributed by atoms with E-state index < -0.39 is 29.3 Å². The van der Waals surface area contributed by atoms with Gasteiger partial charge in [0.2, 0.25) is 5.82 Å². The highest BCUT2D eigenvalue weighted by atomic mass is 19.1. The van der Waals surface area contributed by atoms with Crippen LogP contribution in [0.3, 0.4) is 0 Å². The Kier molecular flexibility index (Phi) is 3.68. The molecule has 16 heavy (non-hydrogen) atoms. The summed E-state index contributed by atoms with van der Waals surface area (Å²) in [5, 5.41) is 26.8. The summed E-state index contributed by atoms with van der Waals surface area (Å²) in [5.74, 6) is -3.58. The number of rotatable bonds is 4. The smallest absolute Gasteiger partial charge is 0.303 e. The molecule has 6 heteroatoms. The fraction of sp³-hybridized carbons (Fsp3) is 0.300. The molecule has 0 heterocycles. The summed E-state index contributed by atoms with van der Waals surface area (Å²) in [7, 11) is 0. The van der Waals surface area contributed by atoms with Crippen LogP contribution in [0.2, 0.25) is 0 Å². The SMILES string of the molecule is NC(CCC(=O)O)c1ccc(O)c(F)c1O. The first kappa shape index (κ1) is 12.3. The number of nitrogens with two attached hydrogens (primary N) is 1. The Balaban J connectivity index is 2.87. The molecule has 0 saturated heterocycles. The van der Waals surface area contributed by atoms with Gasteiger partial charge in [-0.2, -0.15) is 4.39 Å². The van der Waals surface area contributed by atoms with Crippen molar-refractivity contribution in [1.82, 2.24) is 0 Å². The number of phenolic OH excluding ortho intramolecular Hbond substituents is 2. The fourth-order valence-corrected chi connectivity index (χ4v) is 1.30. The summed E-state index contributed by atoms with van der Waals surface area (Å²) in [6.07, 6.45) is -0.101. The summed E-state index contributed by atoms with van der Waals surface area (Å²) >= 11 is 0. The maximum Gasteiger partial charge on any atom is 0.303 e. The molecule has 0 aliphatic heterocycles. The lowest BCUT2D eigenvalue weighted by molar-refractivity contribution is -0.137. The molecule has 0 amide bonds. The lowest BCUT2D eigenvalue weighted by atomic mass is 10.0. The molecule has 1 aromatic rings. The molecule has 0 aliphatic carbocycles. The summed E-state index contributed by atoms with van der Waals surface area (Å²) in [4.78, 5) is 10.3.